The van der Waals surface area contributed by atoms with E-state index in [-0.39, 0.29) is 23.1 Å². The first-order valence-electron chi connectivity index (χ1n) is 9.89. The van der Waals surface area contributed by atoms with Gasteiger partial charge in [-0.15, -0.1) is 5.10 Å². The van der Waals surface area contributed by atoms with Crippen LogP contribution in [-0.2, 0) is 0 Å². The van der Waals surface area contributed by atoms with Crippen molar-refractivity contribution in [1.82, 2.24) is 30.7 Å². The van der Waals surface area contributed by atoms with Gasteiger partial charge in [-0.3, -0.25) is 4.79 Å². The van der Waals surface area contributed by atoms with E-state index >= 15 is 0 Å². The average Bonchev–Trinajstić information content (AvgIpc) is 3.44. The van der Waals surface area contributed by atoms with Crippen LogP contribution >= 0.6 is 0 Å². The van der Waals surface area contributed by atoms with Crippen molar-refractivity contribution >= 4 is 17.4 Å². The van der Waals surface area contributed by atoms with Crippen LogP contribution in [0.15, 0.2) is 58.3 Å². The van der Waals surface area contributed by atoms with Crippen molar-refractivity contribution < 1.29 is 19.3 Å². The fraction of sp³-hybridized carbons (Fsp3) is 0.143. The van der Waals surface area contributed by atoms with Gasteiger partial charge in [-0.05, 0) is 78.3 Å². The van der Waals surface area contributed by atoms with Crippen LogP contribution in [0.5, 0.6) is 11.5 Å². The summed E-state index contributed by atoms with van der Waals surface area (Å²) in [5.74, 6) is 0.282. The normalized spacial score (nSPS) is 11.4. The van der Waals surface area contributed by atoms with Crippen molar-refractivity contribution in [3.63, 3.8) is 0 Å². The molecule has 0 aliphatic rings. The molecule has 0 atom stereocenters. The molecule has 0 spiro atoms. The second kappa shape index (κ2) is 9.18. The van der Waals surface area contributed by atoms with Gasteiger partial charge >= 0.3 is 0 Å². The van der Waals surface area contributed by atoms with E-state index in [1.165, 1.54) is 16.8 Å². The molecule has 168 valence electrons. The van der Waals surface area contributed by atoms with E-state index in [1.54, 1.807) is 43.3 Å². The Morgan fingerprint density at radius 3 is 2.55 bits per heavy atom. The first-order valence-corrected chi connectivity index (χ1v) is 9.89. The van der Waals surface area contributed by atoms with Gasteiger partial charge in [-0.1, -0.05) is 5.21 Å². The molecule has 0 unspecified atom stereocenters. The number of phenols is 1. The average molecular weight is 448 g/mol. The summed E-state index contributed by atoms with van der Waals surface area (Å²) < 4.78 is 11.4. The summed E-state index contributed by atoms with van der Waals surface area (Å²) in [6, 6.07) is 13.5. The highest BCUT2D eigenvalue weighted by Crippen LogP contribution is 2.28. The molecule has 0 bridgehead atoms. The minimum atomic E-state index is -0.599. The number of benzene rings is 2. The molecule has 2 heterocycles. The Hall–Kier alpha value is -4.74. The third-order valence-corrected chi connectivity index (χ3v) is 4.63. The lowest BCUT2D eigenvalue weighted by Gasteiger charge is -2.08. The van der Waals surface area contributed by atoms with Gasteiger partial charge in [-0.2, -0.15) is 9.78 Å². The molecule has 33 heavy (non-hydrogen) atoms. The van der Waals surface area contributed by atoms with Crippen molar-refractivity contribution in [3.05, 3.63) is 59.8 Å². The summed E-state index contributed by atoms with van der Waals surface area (Å²) >= 11 is 0. The van der Waals surface area contributed by atoms with Gasteiger partial charge in [0, 0.05) is 5.56 Å². The summed E-state index contributed by atoms with van der Waals surface area (Å²) in [5.41, 5.74) is 10.5. The minimum absolute atomic E-state index is 0.0104. The Bertz CT molecular complexity index is 1290. The van der Waals surface area contributed by atoms with Gasteiger partial charge in [0.25, 0.3) is 5.91 Å². The van der Waals surface area contributed by atoms with E-state index in [0.717, 1.165) is 5.56 Å². The van der Waals surface area contributed by atoms with Gasteiger partial charge in [-0.25, -0.2) is 10.1 Å². The van der Waals surface area contributed by atoms with Crippen LogP contribution < -0.4 is 15.9 Å². The first kappa shape index (κ1) is 21.5. The number of rotatable bonds is 7. The number of carbonyl (C=O) groups is 1. The zero-order valence-corrected chi connectivity index (χ0v) is 17.8. The van der Waals surface area contributed by atoms with E-state index in [0.29, 0.717) is 29.3 Å². The number of aromatic nitrogens is 5. The van der Waals surface area contributed by atoms with Crippen molar-refractivity contribution in [3.8, 4) is 28.6 Å². The maximum Gasteiger partial charge on any atom is 0.294 e. The maximum absolute atomic E-state index is 13.0. The predicted molar refractivity (Wildman–Crippen MR) is 118 cm³/mol. The summed E-state index contributed by atoms with van der Waals surface area (Å²) in [5, 5.41) is 28.9. The molecule has 0 radical (unpaired) electrons. The second-order valence-electron chi connectivity index (χ2n) is 6.81. The fourth-order valence-corrected chi connectivity index (χ4v) is 3.01. The molecular weight excluding hydrogens is 428 g/mol. The monoisotopic (exact) mass is 448 g/mol. The largest absolute Gasteiger partial charge is 0.508 e. The lowest BCUT2D eigenvalue weighted by molar-refractivity contribution is 0.0950. The number of hydrogen-bond donors (Lipinski definition) is 3. The molecule has 4 aromatic rings. The molecule has 2 aromatic carbocycles. The first-order chi connectivity index (χ1) is 16.0. The number of nitrogens with zero attached hydrogens (tertiary/aromatic N) is 6. The third kappa shape index (κ3) is 4.49. The quantitative estimate of drug-likeness (QED) is 0.283. The number of carbonyl (C=O) groups excluding carboxylic acids is 1. The number of hydrazone groups is 1. The van der Waals surface area contributed by atoms with Crippen molar-refractivity contribution in [2.75, 3.05) is 12.3 Å². The number of phenolic OH excluding ortho intramolecular Hbond substituents is 1. The molecular formula is C21H20N8O4. The number of ether oxygens (including phenoxy) is 1. The highest BCUT2D eigenvalue weighted by Gasteiger charge is 2.25. The van der Waals surface area contributed by atoms with Gasteiger partial charge in [0.15, 0.2) is 5.69 Å². The highest BCUT2D eigenvalue weighted by molar-refractivity contribution is 6.02. The molecule has 0 saturated heterocycles. The van der Waals surface area contributed by atoms with Crippen molar-refractivity contribution in [1.29, 1.82) is 0 Å². The van der Waals surface area contributed by atoms with Crippen LogP contribution in [-0.4, -0.2) is 48.6 Å². The Balaban J connectivity index is 1.69. The molecule has 4 rings (SSSR count). The lowest BCUT2D eigenvalue weighted by atomic mass is 10.1. The summed E-state index contributed by atoms with van der Waals surface area (Å²) in [6.45, 7) is 4.13. The Labute approximate surface area is 187 Å². The number of anilines is 1. The summed E-state index contributed by atoms with van der Waals surface area (Å²) in [4.78, 5) is 13.0. The van der Waals surface area contributed by atoms with Crippen LogP contribution in [0.2, 0.25) is 0 Å². The molecule has 0 fully saturated rings. The predicted octanol–water partition coefficient (Wildman–Crippen LogP) is 2.16. The van der Waals surface area contributed by atoms with Crippen molar-refractivity contribution in [2.45, 2.75) is 13.8 Å². The number of amides is 1. The topological polar surface area (TPSA) is 167 Å². The van der Waals surface area contributed by atoms with Gasteiger partial charge < -0.3 is 15.6 Å². The van der Waals surface area contributed by atoms with E-state index in [4.69, 9.17) is 10.5 Å². The van der Waals surface area contributed by atoms with Crippen molar-refractivity contribution in [2.24, 2.45) is 5.10 Å². The molecule has 0 saturated carbocycles. The van der Waals surface area contributed by atoms with Crippen LogP contribution in [0.4, 0.5) is 5.82 Å². The smallest absolute Gasteiger partial charge is 0.294 e. The number of nitrogens with one attached hydrogen (secondary N) is 1. The van der Waals surface area contributed by atoms with Gasteiger partial charge in [0.2, 0.25) is 11.6 Å². The van der Waals surface area contributed by atoms with Crippen LogP contribution in [0.1, 0.15) is 29.9 Å². The Morgan fingerprint density at radius 1 is 1.18 bits per heavy atom. The number of nitrogen functional groups attached to an aromatic ring is 1. The Morgan fingerprint density at radius 2 is 1.91 bits per heavy atom. The molecule has 0 aliphatic carbocycles. The molecule has 12 nitrogen and oxygen atoms in total. The molecule has 12 heteroatoms. The zero-order valence-electron chi connectivity index (χ0n) is 17.8. The second-order valence-corrected chi connectivity index (χ2v) is 6.81. The summed E-state index contributed by atoms with van der Waals surface area (Å²) in [6.07, 6.45) is 0. The molecule has 2 aromatic heterocycles. The third-order valence-electron chi connectivity index (χ3n) is 4.63. The van der Waals surface area contributed by atoms with Crippen LogP contribution in [0.25, 0.3) is 17.1 Å². The highest BCUT2D eigenvalue weighted by atomic mass is 16.6. The lowest BCUT2D eigenvalue weighted by Crippen LogP contribution is -2.21. The van der Waals surface area contributed by atoms with E-state index in [1.807, 2.05) is 6.92 Å². The molecule has 0 aliphatic heterocycles. The summed E-state index contributed by atoms with van der Waals surface area (Å²) in [7, 11) is 0. The van der Waals surface area contributed by atoms with E-state index < -0.39 is 5.91 Å². The van der Waals surface area contributed by atoms with Gasteiger partial charge in [0.05, 0.1) is 12.3 Å². The minimum Gasteiger partial charge on any atom is -0.508 e. The number of aromatic hydroxyl groups is 1. The Kier molecular flexibility index (Phi) is 5.98. The maximum atomic E-state index is 13.0. The zero-order chi connectivity index (χ0) is 23.4. The number of hydrogen-bond acceptors (Lipinski definition) is 10. The number of nitrogens with two attached hydrogens (primary N) is 1. The van der Waals surface area contributed by atoms with Crippen LogP contribution in [0.3, 0.4) is 0 Å². The molecule has 1 amide bonds. The van der Waals surface area contributed by atoms with E-state index in [2.05, 4.69) is 35.8 Å². The van der Waals surface area contributed by atoms with E-state index in [9.17, 15) is 9.90 Å². The SMILES string of the molecule is CCOc1ccc(-c2c(C(=O)N/N=C(/C)c3ccc(O)cc3)nnn2-c2nonc2N)cc1. The van der Waals surface area contributed by atoms with Crippen LogP contribution in [0, 0.1) is 0 Å². The standard InChI is InChI=1S/C21H20N8O4/c1-3-32-16-10-6-14(7-11-16)18-17(24-28-29(18)20-19(22)26-33-27-20)21(31)25-23-12(2)13-4-8-15(30)9-5-13/h4-11,30H,3H2,1-2H3,(H2,22,26)(H,25,31)/b23-12-. The fourth-order valence-electron chi connectivity index (χ4n) is 3.01. The van der Waals surface area contributed by atoms with Gasteiger partial charge in [0.1, 0.15) is 17.2 Å². The molecule has 4 N–H and O–H groups in total.